The van der Waals surface area contributed by atoms with Gasteiger partial charge in [-0.05, 0) is 80.5 Å². The van der Waals surface area contributed by atoms with Crippen LogP contribution in [0.4, 0.5) is 0 Å². The lowest BCUT2D eigenvalue weighted by molar-refractivity contribution is -0.0241. The van der Waals surface area contributed by atoms with Crippen LogP contribution in [0, 0.1) is 5.92 Å². The summed E-state index contributed by atoms with van der Waals surface area (Å²) in [5, 5.41) is 0. The molecule has 3 aliphatic carbocycles. The molecule has 1 nitrogen and oxygen atoms in total. The number of hydrogen-bond donors (Lipinski definition) is 0. The van der Waals surface area contributed by atoms with Gasteiger partial charge in [-0.1, -0.05) is 60.7 Å². The van der Waals surface area contributed by atoms with Gasteiger partial charge in [0.25, 0.3) is 0 Å². The van der Waals surface area contributed by atoms with Gasteiger partial charge in [0, 0.05) is 5.54 Å². The summed E-state index contributed by atoms with van der Waals surface area (Å²) in [7, 11) is 0. The van der Waals surface area contributed by atoms with Gasteiger partial charge in [-0.15, -0.1) is 0 Å². The number of hydrogen-bond acceptors (Lipinski definition) is 1. The van der Waals surface area contributed by atoms with E-state index in [-0.39, 0.29) is 0 Å². The summed E-state index contributed by atoms with van der Waals surface area (Å²) in [5.41, 5.74) is 3.61. The van der Waals surface area contributed by atoms with Crippen LogP contribution < -0.4 is 0 Å². The lowest BCUT2D eigenvalue weighted by atomic mass is 9.53. The Morgan fingerprint density at radius 3 is 1.76 bits per heavy atom. The van der Waals surface area contributed by atoms with E-state index in [1.165, 1.54) is 51.6 Å². The van der Waals surface area contributed by atoms with Gasteiger partial charge in [0.2, 0.25) is 0 Å². The molecule has 3 saturated carbocycles. The Bertz CT molecular complexity index is 652. The van der Waals surface area contributed by atoms with E-state index in [2.05, 4.69) is 65.6 Å². The van der Waals surface area contributed by atoms with Crippen molar-refractivity contribution >= 4 is 0 Å². The van der Waals surface area contributed by atoms with E-state index in [4.69, 9.17) is 0 Å². The van der Waals surface area contributed by atoms with Crippen molar-refractivity contribution in [2.75, 3.05) is 13.1 Å². The van der Waals surface area contributed by atoms with E-state index >= 15 is 0 Å². The highest BCUT2D eigenvalue weighted by atomic mass is 15.2. The maximum atomic E-state index is 2.88. The van der Waals surface area contributed by atoms with Gasteiger partial charge in [0.15, 0.2) is 0 Å². The van der Waals surface area contributed by atoms with Crippen molar-refractivity contribution in [3.63, 3.8) is 0 Å². The summed E-state index contributed by atoms with van der Waals surface area (Å²) >= 11 is 0. The van der Waals surface area contributed by atoms with Crippen LogP contribution in [0.15, 0.2) is 60.7 Å². The van der Waals surface area contributed by atoms with Crippen LogP contribution in [0.5, 0.6) is 0 Å². The molecule has 0 unspecified atom stereocenters. The second-order valence-electron chi connectivity index (χ2n) is 8.56. The molecular weight excluding hydrogens is 302 g/mol. The van der Waals surface area contributed by atoms with E-state index < -0.39 is 0 Å². The standard InChI is InChI=1S/C24H29N/c1-3-9-19(10-4-1)22-17-24(25-15-7-8-16-25)14-13-21(22)23(18-24)20-11-5-2-6-12-20/h1-6,9-12,21-23H,7-8,13-18H2/t21?,22-,23-,24?/m0/s1. The molecule has 6 rings (SSSR count). The van der Waals surface area contributed by atoms with Gasteiger partial charge in [-0.2, -0.15) is 0 Å². The fourth-order valence-electron chi connectivity index (χ4n) is 6.27. The molecule has 25 heavy (non-hydrogen) atoms. The van der Waals surface area contributed by atoms with Crippen LogP contribution in [0.1, 0.15) is 61.5 Å². The summed E-state index contributed by atoms with van der Waals surface area (Å²) in [4.78, 5) is 2.88. The number of benzene rings is 2. The molecule has 0 radical (unpaired) electrons. The zero-order valence-corrected chi connectivity index (χ0v) is 15.1. The number of rotatable bonds is 3. The summed E-state index contributed by atoms with van der Waals surface area (Å²) in [6.45, 7) is 2.65. The molecule has 1 heteroatoms. The Kier molecular flexibility index (Phi) is 3.93. The fraction of sp³-hybridized carbons (Fsp3) is 0.500. The summed E-state index contributed by atoms with van der Waals surface area (Å²) in [6, 6.07) is 22.8. The van der Waals surface area contributed by atoms with Gasteiger partial charge < -0.3 is 0 Å². The highest BCUT2D eigenvalue weighted by Gasteiger charge is 2.53. The minimum atomic E-state index is 0.451. The average Bonchev–Trinajstić information content (AvgIpc) is 3.25. The van der Waals surface area contributed by atoms with Crippen LogP contribution >= 0.6 is 0 Å². The number of fused-ring (bicyclic) bond motifs is 3. The molecule has 0 aromatic heterocycles. The largest absolute Gasteiger partial charge is 0.298 e. The molecule has 2 bridgehead atoms. The highest BCUT2D eigenvalue weighted by molar-refractivity contribution is 5.31. The third kappa shape index (κ3) is 2.64. The van der Waals surface area contributed by atoms with Gasteiger partial charge in [0.05, 0.1) is 0 Å². The van der Waals surface area contributed by atoms with Crippen LogP contribution in [-0.4, -0.2) is 23.5 Å². The smallest absolute Gasteiger partial charge is 0.0221 e. The van der Waals surface area contributed by atoms with Crippen molar-refractivity contribution in [1.29, 1.82) is 0 Å². The lowest BCUT2D eigenvalue weighted by Crippen LogP contribution is -2.57. The molecule has 0 spiro atoms. The Balaban J connectivity index is 1.55. The van der Waals surface area contributed by atoms with Crippen molar-refractivity contribution in [3.8, 4) is 0 Å². The Morgan fingerprint density at radius 2 is 1.24 bits per heavy atom. The summed E-state index contributed by atoms with van der Waals surface area (Å²) < 4.78 is 0. The first kappa shape index (κ1) is 15.6. The zero-order chi connectivity index (χ0) is 16.7. The Labute approximate surface area is 152 Å². The van der Waals surface area contributed by atoms with Crippen LogP contribution in [-0.2, 0) is 0 Å². The molecule has 4 aliphatic rings. The molecule has 2 aromatic carbocycles. The summed E-state index contributed by atoms with van der Waals surface area (Å²) in [5.74, 6) is 2.28. The van der Waals surface area contributed by atoms with E-state index in [0.717, 1.165) is 17.8 Å². The van der Waals surface area contributed by atoms with Crippen molar-refractivity contribution in [3.05, 3.63) is 71.8 Å². The van der Waals surface area contributed by atoms with Crippen molar-refractivity contribution in [2.45, 2.75) is 55.9 Å². The van der Waals surface area contributed by atoms with Gasteiger partial charge in [-0.25, -0.2) is 0 Å². The van der Waals surface area contributed by atoms with Gasteiger partial charge in [-0.3, -0.25) is 4.90 Å². The van der Waals surface area contributed by atoms with Gasteiger partial charge >= 0.3 is 0 Å². The third-order valence-corrected chi connectivity index (χ3v) is 7.41. The van der Waals surface area contributed by atoms with E-state index in [0.29, 0.717) is 5.54 Å². The van der Waals surface area contributed by atoms with Crippen molar-refractivity contribution in [1.82, 2.24) is 4.90 Å². The number of nitrogens with zero attached hydrogens (tertiary/aromatic N) is 1. The highest BCUT2D eigenvalue weighted by Crippen LogP contribution is 2.60. The maximum absolute atomic E-state index is 2.88. The zero-order valence-electron chi connectivity index (χ0n) is 15.1. The quantitative estimate of drug-likeness (QED) is 0.708. The topological polar surface area (TPSA) is 3.24 Å². The minimum Gasteiger partial charge on any atom is -0.298 e. The van der Waals surface area contributed by atoms with Crippen LogP contribution in [0.2, 0.25) is 0 Å². The second kappa shape index (κ2) is 6.29. The molecule has 1 heterocycles. The van der Waals surface area contributed by atoms with Gasteiger partial charge in [0.1, 0.15) is 0 Å². The summed E-state index contributed by atoms with van der Waals surface area (Å²) in [6.07, 6.45) is 8.38. The molecule has 2 atom stereocenters. The maximum Gasteiger partial charge on any atom is 0.0221 e. The fourth-order valence-corrected chi connectivity index (χ4v) is 6.27. The SMILES string of the molecule is c1ccc([C@@H]2CC3(N4CCCC4)CCC2[C@H](c2ccccc2)C3)cc1. The number of likely N-dealkylation sites (tertiary alicyclic amines) is 1. The molecule has 4 fully saturated rings. The van der Waals surface area contributed by atoms with Crippen LogP contribution in [0.3, 0.4) is 0 Å². The predicted molar refractivity (Wildman–Crippen MR) is 104 cm³/mol. The first-order chi connectivity index (χ1) is 12.4. The third-order valence-electron chi connectivity index (χ3n) is 7.41. The van der Waals surface area contributed by atoms with E-state index in [9.17, 15) is 0 Å². The van der Waals surface area contributed by atoms with Crippen molar-refractivity contribution < 1.29 is 0 Å². The lowest BCUT2D eigenvalue weighted by Gasteiger charge is -2.58. The molecule has 0 amide bonds. The first-order valence-corrected chi connectivity index (χ1v) is 10.2. The molecule has 2 aromatic rings. The minimum absolute atomic E-state index is 0.451. The molecular formula is C24H29N. The normalized spacial score (nSPS) is 35.1. The van der Waals surface area contributed by atoms with E-state index in [1.807, 2.05) is 0 Å². The Hall–Kier alpha value is -1.60. The Morgan fingerprint density at radius 1 is 0.720 bits per heavy atom. The molecule has 0 N–H and O–H groups in total. The molecule has 1 saturated heterocycles. The average molecular weight is 332 g/mol. The predicted octanol–water partition coefficient (Wildman–Crippen LogP) is 5.59. The first-order valence-electron chi connectivity index (χ1n) is 10.2. The molecule has 130 valence electrons. The van der Waals surface area contributed by atoms with Crippen LogP contribution in [0.25, 0.3) is 0 Å². The van der Waals surface area contributed by atoms with E-state index in [1.54, 1.807) is 11.1 Å². The molecule has 1 aliphatic heterocycles. The monoisotopic (exact) mass is 331 g/mol. The second-order valence-corrected chi connectivity index (χ2v) is 8.56. The van der Waals surface area contributed by atoms with Crippen molar-refractivity contribution in [2.24, 2.45) is 5.92 Å².